The third-order valence-corrected chi connectivity index (χ3v) is 4.00. The van der Waals surface area contributed by atoms with E-state index in [4.69, 9.17) is 4.42 Å². The van der Waals surface area contributed by atoms with Gasteiger partial charge in [0.05, 0.1) is 18.0 Å². The van der Waals surface area contributed by atoms with E-state index >= 15 is 0 Å². The molecular weight excluding hydrogens is 328 g/mol. The lowest BCUT2D eigenvalue weighted by molar-refractivity contribution is -0.402. The Balaban J connectivity index is 2.02. The standard InChI is InChI=1S/C16H14N4O3S/c1-2-17-16-19(14(11-24-16)12-6-4-3-5-7-12)18-10-13-8-9-15(23-13)20(21)22/h3-11H,2H2,1H3. The van der Waals surface area contributed by atoms with Gasteiger partial charge in [-0.1, -0.05) is 30.3 Å². The summed E-state index contributed by atoms with van der Waals surface area (Å²) in [5.74, 6) is -0.00428. The fraction of sp³-hybridized carbons (Fsp3) is 0.125. The van der Waals surface area contributed by atoms with Gasteiger partial charge in [-0.05, 0) is 13.0 Å². The fourth-order valence-electron chi connectivity index (χ4n) is 2.09. The molecule has 0 saturated carbocycles. The Hall–Kier alpha value is -3.00. The Bertz CT molecular complexity index is 938. The monoisotopic (exact) mass is 342 g/mol. The van der Waals surface area contributed by atoms with Gasteiger partial charge in [0.25, 0.3) is 0 Å². The molecule has 122 valence electrons. The van der Waals surface area contributed by atoms with E-state index in [2.05, 4.69) is 10.1 Å². The largest absolute Gasteiger partial charge is 0.433 e. The van der Waals surface area contributed by atoms with Crippen molar-refractivity contribution in [2.24, 2.45) is 10.1 Å². The van der Waals surface area contributed by atoms with Gasteiger partial charge in [-0.3, -0.25) is 15.1 Å². The zero-order chi connectivity index (χ0) is 16.9. The zero-order valence-electron chi connectivity index (χ0n) is 12.8. The van der Waals surface area contributed by atoms with Crippen LogP contribution in [0.2, 0.25) is 0 Å². The minimum Gasteiger partial charge on any atom is -0.400 e. The molecule has 0 fully saturated rings. The van der Waals surface area contributed by atoms with Crippen molar-refractivity contribution in [1.29, 1.82) is 0 Å². The number of hydrogen-bond acceptors (Lipinski definition) is 6. The van der Waals surface area contributed by atoms with Crippen LogP contribution < -0.4 is 4.80 Å². The third kappa shape index (κ3) is 3.33. The van der Waals surface area contributed by atoms with Crippen LogP contribution in [0.5, 0.6) is 0 Å². The minimum atomic E-state index is -0.581. The lowest BCUT2D eigenvalue weighted by Gasteiger charge is -2.02. The molecule has 0 aliphatic heterocycles. The number of nitro groups is 1. The summed E-state index contributed by atoms with van der Waals surface area (Å²) in [4.78, 5) is 15.3. The van der Waals surface area contributed by atoms with Crippen LogP contribution in [0.15, 0.2) is 62.4 Å². The second kappa shape index (κ2) is 7.05. The van der Waals surface area contributed by atoms with Crippen LogP contribution in [-0.4, -0.2) is 22.4 Å². The topological polar surface area (TPSA) is 85.9 Å². The van der Waals surface area contributed by atoms with Gasteiger partial charge < -0.3 is 4.42 Å². The van der Waals surface area contributed by atoms with Gasteiger partial charge in [0.1, 0.15) is 4.92 Å². The maximum Gasteiger partial charge on any atom is 0.433 e. The SMILES string of the molecule is CCN=c1scc(-c2ccccc2)n1N=Cc1ccc([N+](=O)[O-])o1. The van der Waals surface area contributed by atoms with Crippen molar-refractivity contribution in [3.63, 3.8) is 0 Å². The number of benzene rings is 1. The molecule has 0 amide bonds. The molecule has 24 heavy (non-hydrogen) atoms. The number of aromatic nitrogens is 1. The first kappa shape index (κ1) is 15.9. The van der Waals surface area contributed by atoms with E-state index in [1.165, 1.54) is 29.7 Å². The van der Waals surface area contributed by atoms with Crippen molar-refractivity contribution in [3.05, 3.63) is 68.5 Å². The van der Waals surface area contributed by atoms with Crippen LogP contribution in [0.25, 0.3) is 11.3 Å². The van der Waals surface area contributed by atoms with E-state index in [1.807, 2.05) is 42.6 Å². The summed E-state index contributed by atoms with van der Waals surface area (Å²) in [6.07, 6.45) is 1.45. The Kier molecular flexibility index (Phi) is 4.66. The summed E-state index contributed by atoms with van der Waals surface area (Å²) in [5.41, 5.74) is 1.90. The van der Waals surface area contributed by atoms with Crippen molar-refractivity contribution >= 4 is 23.4 Å². The number of furan rings is 1. The van der Waals surface area contributed by atoms with Crippen molar-refractivity contribution < 1.29 is 9.34 Å². The zero-order valence-corrected chi connectivity index (χ0v) is 13.6. The minimum absolute atomic E-state index is 0.307. The highest BCUT2D eigenvalue weighted by Gasteiger charge is 2.11. The lowest BCUT2D eigenvalue weighted by atomic mass is 10.2. The first-order valence-electron chi connectivity index (χ1n) is 7.24. The molecule has 3 rings (SSSR count). The summed E-state index contributed by atoms with van der Waals surface area (Å²) >= 11 is 1.48. The number of rotatable bonds is 5. The molecule has 2 heterocycles. The first-order valence-corrected chi connectivity index (χ1v) is 8.12. The number of nitrogens with zero attached hydrogens (tertiary/aromatic N) is 4. The highest BCUT2D eigenvalue weighted by atomic mass is 32.1. The third-order valence-electron chi connectivity index (χ3n) is 3.14. The smallest absolute Gasteiger partial charge is 0.400 e. The molecule has 0 aliphatic carbocycles. The molecule has 8 heteroatoms. The molecular formula is C16H14N4O3S. The maximum atomic E-state index is 10.7. The summed E-state index contributed by atoms with van der Waals surface area (Å²) in [5, 5.41) is 17.0. The second-order valence-electron chi connectivity index (χ2n) is 4.73. The normalized spacial score (nSPS) is 12.1. The van der Waals surface area contributed by atoms with E-state index in [0.29, 0.717) is 12.3 Å². The van der Waals surface area contributed by atoms with Gasteiger partial charge in [-0.15, -0.1) is 11.3 Å². The molecule has 0 aliphatic rings. The Morgan fingerprint density at radius 2 is 2.08 bits per heavy atom. The molecule has 3 aromatic rings. The Morgan fingerprint density at radius 3 is 2.75 bits per heavy atom. The van der Waals surface area contributed by atoms with E-state index in [0.717, 1.165) is 16.1 Å². The molecule has 1 aromatic carbocycles. The Morgan fingerprint density at radius 1 is 1.29 bits per heavy atom. The predicted molar refractivity (Wildman–Crippen MR) is 92.2 cm³/mol. The second-order valence-corrected chi connectivity index (χ2v) is 5.57. The Labute approximate surface area is 141 Å². The van der Waals surface area contributed by atoms with Gasteiger partial charge in [0.2, 0.25) is 4.80 Å². The molecule has 0 saturated heterocycles. The molecule has 0 unspecified atom stereocenters. The van der Waals surface area contributed by atoms with E-state index in [-0.39, 0.29) is 5.88 Å². The van der Waals surface area contributed by atoms with Crippen LogP contribution in [0.1, 0.15) is 12.7 Å². The average Bonchev–Trinajstić information content (AvgIpc) is 3.21. The predicted octanol–water partition coefficient (Wildman–Crippen LogP) is 3.52. The van der Waals surface area contributed by atoms with Crippen LogP contribution in [0.3, 0.4) is 0 Å². The van der Waals surface area contributed by atoms with Gasteiger partial charge in [-0.2, -0.15) is 5.10 Å². The van der Waals surface area contributed by atoms with E-state index < -0.39 is 4.92 Å². The molecule has 0 N–H and O–H groups in total. The summed E-state index contributed by atoms with van der Waals surface area (Å²) in [6.45, 7) is 2.59. The average molecular weight is 342 g/mol. The van der Waals surface area contributed by atoms with Crippen molar-refractivity contribution in [1.82, 2.24) is 4.68 Å². The van der Waals surface area contributed by atoms with Crippen molar-refractivity contribution in [3.8, 4) is 11.3 Å². The van der Waals surface area contributed by atoms with Crippen LogP contribution in [0, 0.1) is 10.1 Å². The lowest BCUT2D eigenvalue weighted by Crippen LogP contribution is -2.12. The maximum absolute atomic E-state index is 10.7. The van der Waals surface area contributed by atoms with E-state index in [1.54, 1.807) is 4.68 Å². The highest BCUT2D eigenvalue weighted by Crippen LogP contribution is 2.20. The quantitative estimate of drug-likeness (QED) is 0.404. The van der Waals surface area contributed by atoms with Crippen LogP contribution >= 0.6 is 11.3 Å². The van der Waals surface area contributed by atoms with Crippen molar-refractivity contribution in [2.75, 3.05) is 6.54 Å². The van der Waals surface area contributed by atoms with Gasteiger partial charge in [0, 0.05) is 17.5 Å². The number of thiazole rings is 1. The van der Waals surface area contributed by atoms with Gasteiger partial charge in [0.15, 0.2) is 5.76 Å². The number of hydrogen-bond donors (Lipinski definition) is 0. The molecule has 0 bridgehead atoms. The first-order chi connectivity index (χ1) is 11.7. The van der Waals surface area contributed by atoms with Crippen molar-refractivity contribution in [2.45, 2.75) is 6.92 Å². The molecule has 0 spiro atoms. The van der Waals surface area contributed by atoms with Gasteiger partial charge >= 0.3 is 5.88 Å². The highest BCUT2D eigenvalue weighted by molar-refractivity contribution is 7.07. The van der Waals surface area contributed by atoms with Crippen LogP contribution in [0.4, 0.5) is 5.88 Å². The molecule has 0 atom stereocenters. The fourth-order valence-corrected chi connectivity index (χ4v) is 2.99. The van der Waals surface area contributed by atoms with Gasteiger partial charge in [-0.25, -0.2) is 4.68 Å². The molecule has 7 nitrogen and oxygen atoms in total. The summed E-state index contributed by atoms with van der Waals surface area (Å²) in [7, 11) is 0. The van der Waals surface area contributed by atoms with Crippen LogP contribution in [-0.2, 0) is 0 Å². The van der Waals surface area contributed by atoms with E-state index in [9.17, 15) is 10.1 Å². The summed E-state index contributed by atoms with van der Waals surface area (Å²) < 4.78 is 6.81. The summed E-state index contributed by atoms with van der Waals surface area (Å²) in [6, 6.07) is 12.6. The molecule has 2 aromatic heterocycles. The molecule has 0 radical (unpaired) electrons.